The molecule has 0 spiro atoms. The Kier molecular flexibility index (Phi) is 7.18. The molecule has 6 heteroatoms. The van der Waals surface area contributed by atoms with Crippen molar-refractivity contribution in [1.82, 2.24) is 10.6 Å². The molecule has 0 radical (unpaired) electrons. The molecular formula is C20H28N2O4. The molecule has 0 bridgehead atoms. The van der Waals surface area contributed by atoms with Gasteiger partial charge in [0.05, 0.1) is 0 Å². The van der Waals surface area contributed by atoms with Crippen molar-refractivity contribution in [2.24, 2.45) is 5.92 Å². The average Bonchev–Trinajstić information content (AvgIpc) is 2.61. The van der Waals surface area contributed by atoms with Crippen LogP contribution < -0.4 is 10.6 Å². The lowest BCUT2D eigenvalue weighted by atomic mass is 9.86. The zero-order chi connectivity index (χ0) is 19.1. The number of ether oxygens (including phenoxy) is 1. The summed E-state index contributed by atoms with van der Waals surface area (Å²) in [5.41, 5.74) is 1.44. The summed E-state index contributed by atoms with van der Waals surface area (Å²) in [5, 5.41) is 5.52. The van der Waals surface area contributed by atoms with Crippen molar-refractivity contribution < 1.29 is 19.1 Å². The van der Waals surface area contributed by atoms with E-state index in [0.29, 0.717) is 11.5 Å². The zero-order valence-corrected chi connectivity index (χ0v) is 15.7. The first kappa shape index (κ1) is 19.9. The fourth-order valence-corrected chi connectivity index (χ4v) is 3.17. The van der Waals surface area contributed by atoms with Gasteiger partial charge in [-0.2, -0.15) is 0 Å². The molecule has 2 N–H and O–H groups in total. The van der Waals surface area contributed by atoms with Crippen molar-refractivity contribution in [2.45, 2.75) is 58.5 Å². The Morgan fingerprint density at radius 3 is 2.65 bits per heavy atom. The van der Waals surface area contributed by atoms with Crippen LogP contribution in [0.3, 0.4) is 0 Å². The Morgan fingerprint density at radius 1 is 1.23 bits per heavy atom. The minimum absolute atomic E-state index is 0.147. The van der Waals surface area contributed by atoms with Gasteiger partial charge in [0, 0.05) is 11.6 Å². The van der Waals surface area contributed by atoms with Crippen LogP contribution in [0.5, 0.6) is 0 Å². The van der Waals surface area contributed by atoms with Gasteiger partial charge >= 0.3 is 5.97 Å². The lowest BCUT2D eigenvalue weighted by Gasteiger charge is -2.29. The van der Waals surface area contributed by atoms with E-state index in [9.17, 15) is 14.4 Å². The highest BCUT2D eigenvalue weighted by molar-refractivity contribution is 5.97. The van der Waals surface area contributed by atoms with Gasteiger partial charge in [0.1, 0.15) is 6.04 Å². The van der Waals surface area contributed by atoms with Crippen LogP contribution >= 0.6 is 0 Å². The van der Waals surface area contributed by atoms with Crippen LogP contribution in [0.4, 0.5) is 0 Å². The molecule has 26 heavy (non-hydrogen) atoms. The predicted molar refractivity (Wildman–Crippen MR) is 98.6 cm³/mol. The van der Waals surface area contributed by atoms with Crippen LogP contribution in [0, 0.1) is 12.8 Å². The van der Waals surface area contributed by atoms with Gasteiger partial charge in [0.25, 0.3) is 11.8 Å². The van der Waals surface area contributed by atoms with E-state index in [1.807, 2.05) is 13.0 Å². The van der Waals surface area contributed by atoms with E-state index in [1.54, 1.807) is 18.2 Å². The molecule has 1 saturated carbocycles. The first-order valence-corrected chi connectivity index (χ1v) is 9.20. The first-order valence-electron chi connectivity index (χ1n) is 9.20. The number of hydrogen-bond acceptors (Lipinski definition) is 4. The minimum Gasteiger partial charge on any atom is -0.454 e. The third kappa shape index (κ3) is 5.86. The van der Waals surface area contributed by atoms with Gasteiger partial charge in [0.15, 0.2) is 6.61 Å². The first-order chi connectivity index (χ1) is 12.4. The van der Waals surface area contributed by atoms with E-state index in [2.05, 4.69) is 17.6 Å². The Labute approximate surface area is 154 Å². The van der Waals surface area contributed by atoms with Crippen molar-refractivity contribution >= 4 is 17.8 Å². The molecule has 0 aromatic heterocycles. The lowest BCUT2D eigenvalue weighted by molar-refractivity contribution is -0.150. The maximum absolute atomic E-state index is 12.2. The molecule has 2 rings (SSSR count). The molecular weight excluding hydrogens is 332 g/mol. The molecule has 0 saturated heterocycles. The third-order valence-corrected chi connectivity index (χ3v) is 4.78. The number of nitrogens with one attached hydrogen (secondary N) is 2. The number of carbonyl (C=O) groups excluding carboxylic acids is 3. The number of carbonyl (C=O) groups is 3. The molecule has 1 aliphatic carbocycles. The molecule has 0 aliphatic heterocycles. The summed E-state index contributed by atoms with van der Waals surface area (Å²) in [7, 11) is 0. The number of aryl methyl sites for hydroxylation is 1. The Bertz CT molecular complexity index is 659. The molecule has 0 unspecified atom stereocenters. The SMILES string of the molecule is Cc1cccc(C(=O)N[C@@H](C)C(=O)OCC(=O)N[C@H]2CCCC[C@@H]2C)c1. The normalized spacial score (nSPS) is 20.7. The molecule has 1 fully saturated rings. The van der Waals surface area contributed by atoms with Crippen molar-refractivity contribution in [3.05, 3.63) is 35.4 Å². The summed E-state index contributed by atoms with van der Waals surface area (Å²) in [6.07, 6.45) is 4.37. The molecule has 0 heterocycles. The number of rotatable bonds is 6. The van der Waals surface area contributed by atoms with Gasteiger partial charge in [-0.1, -0.05) is 37.5 Å². The summed E-state index contributed by atoms with van der Waals surface area (Å²) in [5.74, 6) is -0.832. The van der Waals surface area contributed by atoms with E-state index in [0.717, 1.165) is 24.8 Å². The monoisotopic (exact) mass is 360 g/mol. The maximum Gasteiger partial charge on any atom is 0.328 e. The Hall–Kier alpha value is -2.37. The van der Waals surface area contributed by atoms with Gasteiger partial charge in [-0.15, -0.1) is 0 Å². The molecule has 1 aromatic rings. The molecule has 1 aromatic carbocycles. The van der Waals surface area contributed by atoms with Crippen LogP contribution in [0.15, 0.2) is 24.3 Å². The van der Waals surface area contributed by atoms with Crippen LogP contribution in [0.1, 0.15) is 55.5 Å². The molecule has 1 aliphatic rings. The van der Waals surface area contributed by atoms with Gasteiger partial charge in [-0.05, 0) is 44.7 Å². The van der Waals surface area contributed by atoms with Crippen molar-refractivity contribution in [2.75, 3.05) is 6.61 Å². The second-order valence-electron chi connectivity index (χ2n) is 7.11. The van der Waals surface area contributed by atoms with Crippen LogP contribution in [0.25, 0.3) is 0 Å². The second kappa shape index (κ2) is 9.36. The number of amides is 2. The molecule has 2 amide bonds. The minimum atomic E-state index is -0.829. The fourth-order valence-electron chi connectivity index (χ4n) is 3.17. The topological polar surface area (TPSA) is 84.5 Å². The standard InChI is InChI=1S/C20H28N2O4/c1-13-7-6-9-16(11-13)19(24)21-15(3)20(25)26-12-18(23)22-17-10-5-4-8-14(17)2/h6-7,9,11,14-15,17H,4-5,8,10,12H2,1-3H3,(H,21,24)(H,22,23)/t14-,15-,17-/m0/s1. The van der Waals surface area contributed by atoms with Crippen molar-refractivity contribution in [1.29, 1.82) is 0 Å². The number of hydrogen-bond donors (Lipinski definition) is 2. The summed E-state index contributed by atoms with van der Waals surface area (Å²) in [4.78, 5) is 36.2. The van der Waals surface area contributed by atoms with Crippen molar-refractivity contribution in [3.63, 3.8) is 0 Å². The summed E-state index contributed by atoms with van der Waals surface area (Å²) in [6.45, 7) is 5.23. The lowest BCUT2D eigenvalue weighted by Crippen LogP contribution is -2.44. The molecule has 6 nitrogen and oxygen atoms in total. The highest BCUT2D eigenvalue weighted by Gasteiger charge is 2.24. The van der Waals surface area contributed by atoms with E-state index < -0.39 is 12.0 Å². The zero-order valence-electron chi connectivity index (χ0n) is 15.7. The molecule has 3 atom stereocenters. The van der Waals surface area contributed by atoms with E-state index >= 15 is 0 Å². The van der Waals surface area contributed by atoms with Crippen LogP contribution in [-0.4, -0.2) is 36.5 Å². The quantitative estimate of drug-likeness (QED) is 0.763. The fraction of sp³-hybridized carbons (Fsp3) is 0.550. The Morgan fingerprint density at radius 2 is 1.96 bits per heavy atom. The van der Waals surface area contributed by atoms with Gasteiger partial charge in [-0.25, -0.2) is 4.79 Å². The van der Waals surface area contributed by atoms with Crippen LogP contribution in [-0.2, 0) is 14.3 Å². The Balaban J connectivity index is 1.76. The summed E-state index contributed by atoms with van der Waals surface area (Å²) >= 11 is 0. The van der Waals surface area contributed by atoms with E-state index in [1.165, 1.54) is 13.3 Å². The maximum atomic E-state index is 12.2. The number of esters is 1. The third-order valence-electron chi connectivity index (χ3n) is 4.78. The highest BCUT2D eigenvalue weighted by Crippen LogP contribution is 2.23. The average molecular weight is 360 g/mol. The van der Waals surface area contributed by atoms with Gasteiger partial charge in [-0.3, -0.25) is 9.59 Å². The van der Waals surface area contributed by atoms with E-state index in [-0.39, 0.29) is 24.5 Å². The van der Waals surface area contributed by atoms with Gasteiger partial charge < -0.3 is 15.4 Å². The summed E-state index contributed by atoms with van der Waals surface area (Å²) < 4.78 is 5.04. The van der Waals surface area contributed by atoms with Crippen molar-refractivity contribution in [3.8, 4) is 0 Å². The molecule has 142 valence electrons. The van der Waals surface area contributed by atoms with E-state index in [4.69, 9.17) is 4.74 Å². The number of benzene rings is 1. The predicted octanol–water partition coefficient (Wildman–Crippen LogP) is 2.35. The summed E-state index contributed by atoms with van der Waals surface area (Å²) in [6, 6.07) is 6.41. The smallest absolute Gasteiger partial charge is 0.328 e. The van der Waals surface area contributed by atoms with Crippen LogP contribution in [0.2, 0.25) is 0 Å². The second-order valence-corrected chi connectivity index (χ2v) is 7.11. The largest absolute Gasteiger partial charge is 0.454 e. The highest BCUT2D eigenvalue weighted by atomic mass is 16.5. The van der Waals surface area contributed by atoms with Gasteiger partial charge in [0.2, 0.25) is 0 Å².